The maximum Gasteiger partial charge on any atom is 0.0255 e. The van der Waals surface area contributed by atoms with Gasteiger partial charge in [-0.25, -0.2) is 0 Å². The van der Waals surface area contributed by atoms with Crippen LogP contribution in [-0.2, 0) is 0 Å². The molecule has 1 heterocycles. The van der Waals surface area contributed by atoms with Crippen LogP contribution in [0, 0.1) is 9.49 Å². The number of benzene rings is 1. The smallest absolute Gasteiger partial charge is 0.0255 e. The highest BCUT2D eigenvalue weighted by Crippen LogP contribution is 2.20. The molecule has 2 unspecified atom stereocenters. The van der Waals surface area contributed by atoms with E-state index in [2.05, 4.69) is 71.2 Å². The summed E-state index contributed by atoms with van der Waals surface area (Å²) in [6, 6.07) is 9.23. The topological polar surface area (TPSA) is 12.0 Å². The molecule has 1 saturated heterocycles. The molecule has 2 atom stereocenters. The van der Waals surface area contributed by atoms with E-state index < -0.39 is 0 Å². The Bertz CT molecular complexity index is 369. The van der Waals surface area contributed by atoms with Crippen molar-refractivity contribution in [1.82, 2.24) is 5.32 Å². The lowest BCUT2D eigenvalue weighted by Gasteiger charge is -2.27. The van der Waals surface area contributed by atoms with E-state index in [0.29, 0.717) is 6.04 Å². The van der Waals surface area contributed by atoms with Gasteiger partial charge in [0.2, 0.25) is 0 Å². The fraction of sp³-hybridized carbons (Fsp3) is 0.467. The van der Waals surface area contributed by atoms with Crippen LogP contribution in [0.15, 0.2) is 30.3 Å². The summed E-state index contributed by atoms with van der Waals surface area (Å²) < 4.78 is 1.29. The van der Waals surface area contributed by atoms with E-state index in [4.69, 9.17) is 0 Å². The highest BCUT2D eigenvalue weighted by atomic mass is 127. The van der Waals surface area contributed by atoms with E-state index in [1.165, 1.54) is 34.9 Å². The average molecular weight is 341 g/mol. The van der Waals surface area contributed by atoms with Crippen molar-refractivity contribution in [3.63, 3.8) is 0 Å². The molecule has 0 radical (unpaired) electrons. The molecule has 1 aliphatic heterocycles. The summed E-state index contributed by atoms with van der Waals surface area (Å²) in [5.41, 5.74) is 1.30. The molecular formula is C15H20IN. The fourth-order valence-electron chi connectivity index (χ4n) is 2.35. The molecule has 1 N–H and O–H groups in total. The molecule has 2 rings (SSSR count). The molecule has 1 aliphatic rings. The van der Waals surface area contributed by atoms with Gasteiger partial charge in [0, 0.05) is 9.61 Å². The van der Waals surface area contributed by atoms with Gasteiger partial charge in [0.05, 0.1) is 0 Å². The van der Waals surface area contributed by atoms with Gasteiger partial charge in [-0.3, -0.25) is 0 Å². The summed E-state index contributed by atoms with van der Waals surface area (Å²) in [6.45, 7) is 3.47. The number of piperidine rings is 1. The lowest BCUT2D eigenvalue weighted by Crippen LogP contribution is -2.36. The zero-order valence-electron chi connectivity index (χ0n) is 10.3. The highest BCUT2D eigenvalue weighted by Gasteiger charge is 2.17. The Balaban J connectivity index is 1.93. The Labute approximate surface area is 118 Å². The van der Waals surface area contributed by atoms with Crippen LogP contribution >= 0.6 is 22.6 Å². The molecule has 1 aromatic carbocycles. The maximum absolute atomic E-state index is 3.58. The third kappa shape index (κ3) is 4.11. The molecule has 0 aromatic heterocycles. The molecule has 1 fully saturated rings. The monoisotopic (exact) mass is 341 g/mol. The molecule has 92 valence electrons. The molecule has 0 aliphatic carbocycles. The standard InChI is InChI=1S/C15H20IN/c1-2-12-9-10-17-15(11-12)8-5-13-3-6-14(16)7-4-13/h3-8,12,15,17H,2,9-11H2,1H3/b8-5+. The lowest BCUT2D eigenvalue weighted by molar-refractivity contribution is 0.326. The average Bonchev–Trinajstić information content (AvgIpc) is 2.38. The Kier molecular flexibility index (Phi) is 5.04. The Morgan fingerprint density at radius 3 is 2.82 bits per heavy atom. The van der Waals surface area contributed by atoms with Crippen molar-refractivity contribution in [2.75, 3.05) is 6.54 Å². The quantitative estimate of drug-likeness (QED) is 0.817. The first-order valence-electron chi connectivity index (χ1n) is 6.45. The van der Waals surface area contributed by atoms with Crippen molar-refractivity contribution >= 4 is 28.7 Å². The van der Waals surface area contributed by atoms with Gasteiger partial charge in [-0.1, -0.05) is 37.6 Å². The van der Waals surface area contributed by atoms with Gasteiger partial charge < -0.3 is 5.32 Å². The molecular weight excluding hydrogens is 321 g/mol. The zero-order chi connectivity index (χ0) is 12.1. The first-order chi connectivity index (χ1) is 8.28. The zero-order valence-corrected chi connectivity index (χ0v) is 12.5. The van der Waals surface area contributed by atoms with Gasteiger partial charge in [0.25, 0.3) is 0 Å². The minimum atomic E-state index is 0.563. The number of halogens is 1. The third-order valence-electron chi connectivity index (χ3n) is 3.51. The van der Waals surface area contributed by atoms with E-state index >= 15 is 0 Å². The second-order valence-electron chi connectivity index (χ2n) is 4.77. The molecule has 0 amide bonds. The normalized spacial score (nSPS) is 25.3. The van der Waals surface area contributed by atoms with Crippen molar-refractivity contribution in [1.29, 1.82) is 0 Å². The lowest BCUT2D eigenvalue weighted by atomic mass is 9.90. The van der Waals surface area contributed by atoms with Gasteiger partial charge in [-0.05, 0) is 65.6 Å². The van der Waals surface area contributed by atoms with Gasteiger partial charge in [-0.2, -0.15) is 0 Å². The van der Waals surface area contributed by atoms with Crippen LogP contribution < -0.4 is 5.32 Å². The van der Waals surface area contributed by atoms with Crippen molar-refractivity contribution < 1.29 is 0 Å². The van der Waals surface area contributed by atoms with Crippen LogP contribution in [0.3, 0.4) is 0 Å². The van der Waals surface area contributed by atoms with E-state index in [0.717, 1.165) is 5.92 Å². The van der Waals surface area contributed by atoms with Crippen LogP contribution in [0.25, 0.3) is 6.08 Å². The van der Waals surface area contributed by atoms with E-state index in [1.54, 1.807) is 0 Å². The predicted molar refractivity (Wildman–Crippen MR) is 83.0 cm³/mol. The maximum atomic E-state index is 3.58. The third-order valence-corrected chi connectivity index (χ3v) is 4.23. The summed E-state index contributed by atoms with van der Waals surface area (Å²) in [6.07, 6.45) is 8.51. The van der Waals surface area contributed by atoms with E-state index in [-0.39, 0.29) is 0 Å². The summed E-state index contributed by atoms with van der Waals surface area (Å²) in [5.74, 6) is 0.905. The Hall–Kier alpha value is -0.350. The Morgan fingerprint density at radius 1 is 1.35 bits per heavy atom. The van der Waals surface area contributed by atoms with Crippen molar-refractivity contribution in [3.8, 4) is 0 Å². The van der Waals surface area contributed by atoms with Gasteiger partial charge in [0.15, 0.2) is 0 Å². The van der Waals surface area contributed by atoms with E-state index in [9.17, 15) is 0 Å². The van der Waals surface area contributed by atoms with Gasteiger partial charge in [0.1, 0.15) is 0 Å². The molecule has 0 bridgehead atoms. The molecule has 17 heavy (non-hydrogen) atoms. The molecule has 1 aromatic rings. The summed E-state index contributed by atoms with van der Waals surface area (Å²) >= 11 is 2.34. The Morgan fingerprint density at radius 2 is 2.12 bits per heavy atom. The van der Waals surface area contributed by atoms with Crippen LogP contribution in [0.5, 0.6) is 0 Å². The first kappa shape index (κ1) is 13.1. The van der Waals surface area contributed by atoms with E-state index in [1.807, 2.05) is 0 Å². The number of rotatable bonds is 3. The van der Waals surface area contributed by atoms with Crippen molar-refractivity contribution in [2.24, 2.45) is 5.92 Å². The van der Waals surface area contributed by atoms with Crippen LogP contribution in [-0.4, -0.2) is 12.6 Å². The van der Waals surface area contributed by atoms with Crippen LogP contribution in [0.2, 0.25) is 0 Å². The highest BCUT2D eigenvalue weighted by molar-refractivity contribution is 14.1. The largest absolute Gasteiger partial charge is 0.310 e. The van der Waals surface area contributed by atoms with Crippen molar-refractivity contribution in [2.45, 2.75) is 32.2 Å². The summed E-state index contributed by atoms with van der Waals surface area (Å²) in [7, 11) is 0. The van der Waals surface area contributed by atoms with Crippen LogP contribution in [0.1, 0.15) is 31.7 Å². The number of hydrogen-bond donors (Lipinski definition) is 1. The minimum Gasteiger partial charge on any atom is -0.310 e. The SMILES string of the molecule is CCC1CCNC(/C=C/c2ccc(I)cc2)C1. The number of nitrogens with one attached hydrogen (secondary N) is 1. The van der Waals surface area contributed by atoms with Gasteiger partial charge >= 0.3 is 0 Å². The first-order valence-corrected chi connectivity index (χ1v) is 7.53. The summed E-state index contributed by atoms with van der Waals surface area (Å²) in [4.78, 5) is 0. The molecule has 0 spiro atoms. The number of hydrogen-bond acceptors (Lipinski definition) is 1. The summed E-state index contributed by atoms with van der Waals surface area (Å²) in [5, 5.41) is 3.58. The second-order valence-corrected chi connectivity index (χ2v) is 6.02. The minimum absolute atomic E-state index is 0.563. The molecule has 2 heteroatoms. The van der Waals surface area contributed by atoms with Gasteiger partial charge in [-0.15, -0.1) is 0 Å². The fourth-order valence-corrected chi connectivity index (χ4v) is 2.71. The van der Waals surface area contributed by atoms with Crippen LogP contribution in [0.4, 0.5) is 0 Å². The second kappa shape index (κ2) is 6.55. The van der Waals surface area contributed by atoms with Crippen molar-refractivity contribution in [3.05, 3.63) is 39.5 Å². The molecule has 0 saturated carbocycles. The predicted octanol–water partition coefficient (Wildman–Crippen LogP) is 4.08. The molecule has 1 nitrogen and oxygen atoms in total.